The third kappa shape index (κ3) is 3.25. The van der Waals surface area contributed by atoms with Gasteiger partial charge in [0.25, 0.3) is 5.91 Å². The minimum Gasteiger partial charge on any atom is -0.465 e. The Morgan fingerprint density at radius 1 is 1.25 bits per heavy atom. The van der Waals surface area contributed by atoms with Gasteiger partial charge in [-0.2, -0.15) is 0 Å². The van der Waals surface area contributed by atoms with Crippen LogP contribution >= 0.6 is 11.3 Å². The van der Waals surface area contributed by atoms with Gasteiger partial charge in [0, 0.05) is 11.3 Å². The number of anilines is 1. The molecule has 0 spiro atoms. The van der Waals surface area contributed by atoms with Crippen molar-refractivity contribution in [3.8, 4) is 11.4 Å². The molecule has 0 saturated heterocycles. The Morgan fingerprint density at radius 3 is 2.75 bits per heavy atom. The van der Waals surface area contributed by atoms with Crippen LogP contribution in [0.25, 0.3) is 11.4 Å². The Labute approximate surface area is 139 Å². The number of ether oxygens (including phenoxy) is 1. The molecule has 1 aromatic carbocycles. The minimum absolute atomic E-state index is 0.264. The van der Waals surface area contributed by atoms with Crippen LogP contribution in [-0.4, -0.2) is 29.1 Å². The number of hydrogen-bond donors (Lipinski definition) is 2. The smallest absolute Gasteiger partial charge is 0.439 e. The molecule has 9 heteroatoms. The number of hydrogen-bond acceptors (Lipinski definition) is 7. The Kier molecular flexibility index (Phi) is 4.25. The molecule has 8 nitrogen and oxygen atoms in total. The molecule has 0 radical (unpaired) electrons. The van der Waals surface area contributed by atoms with Crippen LogP contribution in [0.2, 0.25) is 0 Å². The summed E-state index contributed by atoms with van der Waals surface area (Å²) in [5.74, 6) is -1.24. The summed E-state index contributed by atoms with van der Waals surface area (Å²) >= 11 is 1.04. The van der Waals surface area contributed by atoms with Gasteiger partial charge in [0.1, 0.15) is 4.88 Å². The molecule has 2 aromatic heterocycles. The largest absolute Gasteiger partial charge is 0.465 e. The number of carbonyl (C=O) groups excluding carboxylic acids is 2. The first-order valence-corrected chi connectivity index (χ1v) is 7.54. The maximum absolute atomic E-state index is 12.2. The highest BCUT2D eigenvalue weighted by Gasteiger charge is 2.14. The summed E-state index contributed by atoms with van der Waals surface area (Å²) in [6.45, 7) is 0. The number of thiophene rings is 1. The summed E-state index contributed by atoms with van der Waals surface area (Å²) in [5.41, 5.74) is 1.09. The fraction of sp³-hybridized carbons (Fsp3) is 0.0667. The molecule has 0 atom stereocenters. The number of rotatable bonds is 4. The normalized spacial score (nSPS) is 10.4. The summed E-state index contributed by atoms with van der Waals surface area (Å²) in [6, 6.07) is 9.82. The Bertz CT molecular complexity index is 956. The van der Waals surface area contributed by atoms with Gasteiger partial charge in [-0.1, -0.05) is 17.3 Å². The molecule has 0 fully saturated rings. The molecule has 24 heavy (non-hydrogen) atoms. The molecule has 2 N–H and O–H groups in total. The van der Waals surface area contributed by atoms with Crippen molar-refractivity contribution in [1.29, 1.82) is 0 Å². The first kappa shape index (κ1) is 15.7. The van der Waals surface area contributed by atoms with E-state index in [9.17, 15) is 14.4 Å². The van der Waals surface area contributed by atoms with Crippen LogP contribution in [0.4, 0.5) is 5.69 Å². The minimum atomic E-state index is -0.659. The second kappa shape index (κ2) is 6.50. The van der Waals surface area contributed by atoms with Crippen LogP contribution < -0.4 is 11.1 Å². The zero-order valence-corrected chi connectivity index (χ0v) is 13.2. The van der Waals surface area contributed by atoms with E-state index in [1.807, 2.05) is 0 Å². The van der Waals surface area contributed by atoms with Crippen molar-refractivity contribution in [2.45, 2.75) is 0 Å². The third-order valence-corrected chi connectivity index (χ3v) is 4.11. The molecular formula is C15H11N3O5S. The standard InChI is InChI=1S/C15H11N3O5S/c1-22-14(20)11-6-5-10(24-11)13(19)16-9-4-2-3-8(7-9)12-17-15(21)23-18-12/h2-7H,1H3,(H,16,19)(H,17,18,21). The van der Waals surface area contributed by atoms with Gasteiger partial charge in [0.05, 0.1) is 12.0 Å². The second-order valence-electron chi connectivity index (χ2n) is 4.63. The predicted molar refractivity (Wildman–Crippen MR) is 86.2 cm³/mol. The molecule has 0 aliphatic heterocycles. The van der Waals surface area contributed by atoms with Crippen LogP contribution in [0.15, 0.2) is 45.7 Å². The van der Waals surface area contributed by atoms with Crippen LogP contribution in [0, 0.1) is 0 Å². The average Bonchev–Trinajstić information content (AvgIpc) is 3.23. The quantitative estimate of drug-likeness (QED) is 0.700. The summed E-state index contributed by atoms with van der Waals surface area (Å²) < 4.78 is 9.06. The first-order valence-electron chi connectivity index (χ1n) is 6.73. The zero-order valence-electron chi connectivity index (χ0n) is 12.4. The van der Waals surface area contributed by atoms with E-state index in [0.29, 0.717) is 21.0 Å². The Balaban J connectivity index is 1.78. The first-order chi connectivity index (χ1) is 11.6. The van der Waals surface area contributed by atoms with Crippen LogP contribution in [0.5, 0.6) is 0 Å². The molecule has 122 valence electrons. The molecule has 0 bridgehead atoms. The number of methoxy groups -OCH3 is 1. The van der Waals surface area contributed by atoms with E-state index < -0.39 is 11.7 Å². The summed E-state index contributed by atoms with van der Waals surface area (Å²) in [6.07, 6.45) is 0. The SMILES string of the molecule is COC(=O)c1ccc(C(=O)Nc2cccc(-c3noc(=O)[nH]3)c2)s1. The fourth-order valence-electron chi connectivity index (χ4n) is 1.96. The van der Waals surface area contributed by atoms with E-state index in [1.165, 1.54) is 13.2 Å². The molecule has 2 heterocycles. The summed E-state index contributed by atoms with van der Waals surface area (Å²) in [4.78, 5) is 37.8. The van der Waals surface area contributed by atoms with Gasteiger partial charge < -0.3 is 10.1 Å². The number of nitrogens with zero attached hydrogens (tertiary/aromatic N) is 1. The Morgan fingerprint density at radius 2 is 2.04 bits per heavy atom. The topological polar surface area (TPSA) is 114 Å². The van der Waals surface area contributed by atoms with E-state index in [2.05, 4.69) is 24.7 Å². The number of benzene rings is 1. The van der Waals surface area contributed by atoms with Gasteiger partial charge in [-0.25, -0.2) is 9.59 Å². The van der Waals surface area contributed by atoms with E-state index in [0.717, 1.165) is 11.3 Å². The Hall–Kier alpha value is -3.20. The lowest BCUT2D eigenvalue weighted by molar-refractivity contribution is 0.0606. The number of nitrogens with one attached hydrogen (secondary N) is 2. The molecular weight excluding hydrogens is 334 g/mol. The number of amides is 1. The predicted octanol–water partition coefficient (Wildman–Crippen LogP) is 2.13. The summed E-state index contributed by atoms with van der Waals surface area (Å²) in [7, 11) is 1.28. The van der Waals surface area contributed by atoms with Gasteiger partial charge in [-0.05, 0) is 24.3 Å². The van der Waals surface area contributed by atoms with Gasteiger partial charge in [0.15, 0.2) is 5.82 Å². The van der Waals surface area contributed by atoms with Gasteiger partial charge >= 0.3 is 11.7 Å². The fourth-order valence-corrected chi connectivity index (χ4v) is 2.78. The number of H-pyrrole nitrogens is 1. The van der Waals surface area contributed by atoms with Crippen molar-refractivity contribution in [3.05, 3.63) is 56.7 Å². The van der Waals surface area contributed by atoms with Gasteiger partial charge in [-0.15, -0.1) is 11.3 Å². The molecule has 3 aromatic rings. The van der Waals surface area contributed by atoms with E-state index in [-0.39, 0.29) is 11.7 Å². The number of aromatic amines is 1. The maximum Gasteiger partial charge on any atom is 0.439 e. The maximum atomic E-state index is 12.2. The lowest BCUT2D eigenvalue weighted by Crippen LogP contribution is -2.10. The highest BCUT2D eigenvalue weighted by molar-refractivity contribution is 7.16. The average molecular weight is 345 g/mol. The van der Waals surface area contributed by atoms with E-state index in [1.54, 1.807) is 30.3 Å². The van der Waals surface area contributed by atoms with Crippen LogP contribution in [-0.2, 0) is 4.74 Å². The van der Waals surface area contributed by atoms with Crippen LogP contribution in [0.3, 0.4) is 0 Å². The molecule has 0 saturated carbocycles. The zero-order chi connectivity index (χ0) is 17.1. The molecule has 0 aliphatic rings. The van der Waals surface area contributed by atoms with Crippen LogP contribution in [0.1, 0.15) is 19.3 Å². The van der Waals surface area contributed by atoms with Gasteiger partial charge in [0.2, 0.25) is 0 Å². The number of esters is 1. The molecule has 3 rings (SSSR count). The highest BCUT2D eigenvalue weighted by Crippen LogP contribution is 2.21. The van der Waals surface area contributed by atoms with Crippen molar-refractivity contribution >= 4 is 28.9 Å². The molecule has 0 aliphatic carbocycles. The highest BCUT2D eigenvalue weighted by atomic mass is 32.1. The van der Waals surface area contributed by atoms with E-state index >= 15 is 0 Å². The number of carbonyl (C=O) groups is 2. The van der Waals surface area contributed by atoms with Crippen molar-refractivity contribution in [1.82, 2.24) is 10.1 Å². The van der Waals surface area contributed by atoms with Crippen molar-refractivity contribution in [2.24, 2.45) is 0 Å². The third-order valence-electron chi connectivity index (χ3n) is 3.05. The van der Waals surface area contributed by atoms with Gasteiger partial charge in [-0.3, -0.25) is 14.3 Å². The lowest BCUT2D eigenvalue weighted by Gasteiger charge is -2.04. The molecule has 0 unspecified atom stereocenters. The monoisotopic (exact) mass is 345 g/mol. The second-order valence-corrected chi connectivity index (χ2v) is 5.72. The van der Waals surface area contributed by atoms with Crippen molar-refractivity contribution < 1.29 is 18.8 Å². The lowest BCUT2D eigenvalue weighted by atomic mass is 10.2. The van der Waals surface area contributed by atoms with E-state index in [4.69, 9.17) is 0 Å². The summed E-state index contributed by atoms with van der Waals surface area (Å²) in [5, 5.41) is 6.31. The van der Waals surface area contributed by atoms with Crippen molar-refractivity contribution in [3.63, 3.8) is 0 Å². The number of aromatic nitrogens is 2. The molecule has 1 amide bonds. The van der Waals surface area contributed by atoms with Crippen molar-refractivity contribution in [2.75, 3.05) is 12.4 Å².